The molecule has 0 spiro atoms. The van der Waals surface area contributed by atoms with Crippen molar-refractivity contribution >= 4 is 11.7 Å². The maximum Gasteiger partial charge on any atom is 0.259 e. The number of nitrogens with zero attached hydrogens (tertiary/aromatic N) is 2. The van der Waals surface area contributed by atoms with Crippen molar-refractivity contribution in [3.63, 3.8) is 0 Å². The van der Waals surface area contributed by atoms with Gasteiger partial charge in [0.15, 0.2) is 11.6 Å². The highest BCUT2D eigenvalue weighted by Crippen LogP contribution is 2.34. The fourth-order valence-electron chi connectivity index (χ4n) is 4.42. The van der Waals surface area contributed by atoms with E-state index >= 15 is 0 Å². The number of ether oxygens (including phenoxy) is 1. The van der Waals surface area contributed by atoms with E-state index in [4.69, 9.17) is 9.26 Å². The second kappa shape index (κ2) is 8.86. The number of aromatic nitrogens is 1. The number of hydrogen-bond donors (Lipinski definition) is 2. The van der Waals surface area contributed by atoms with Crippen molar-refractivity contribution in [3.8, 4) is 17.1 Å². The van der Waals surface area contributed by atoms with Crippen molar-refractivity contribution in [1.82, 2.24) is 10.5 Å². The summed E-state index contributed by atoms with van der Waals surface area (Å²) in [7, 11) is 1.62. The van der Waals surface area contributed by atoms with E-state index < -0.39 is 0 Å². The highest BCUT2D eigenvalue weighted by molar-refractivity contribution is 6.04. The quantitative estimate of drug-likeness (QED) is 0.775. The Bertz CT molecular complexity index is 827. The van der Waals surface area contributed by atoms with Crippen molar-refractivity contribution in [2.24, 2.45) is 5.92 Å². The summed E-state index contributed by atoms with van der Waals surface area (Å²) < 4.78 is 10.9. The zero-order valence-electron chi connectivity index (χ0n) is 16.9. The van der Waals surface area contributed by atoms with Crippen LogP contribution in [0.15, 0.2) is 28.8 Å². The van der Waals surface area contributed by atoms with Crippen LogP contribution in [0.3, 0.4) is 0 Å². The molecule has 2 aliphatic rings. The van der Waals surface area contributed by atoms with Crippen LogP contribution >= 0.6 is 0 Å². The molecule has 2 heterocycles. The van der Waals surface area contributed by atoms with Crippen molar-refractivity contribution < 1.29 is 19.2 Å². The molecule has 2 atom stereocenters. The maximum atomic E-state index is 13.3. The Hall–Kier alpha value is -2.54. The minimum absolute atomic E-state index is 0.0680. The molecule has 2 N–H and O–H groups in total. The summed E-state index contributed by atoms with van der Waals surface area (Å²) in [5, 5.41) is 17.0. The number of benzene rings is 1. The lowest BCUT2D eigenvalue weighted by molar-refractivity contribution is 0.0906. The Kier molecular flexibility index (Phi) is 6.04. The van der Waals surface area contributed by atoms with Gasteiger partial charge in [0.05, 0.1) is 7.11 Å². The fourth-order valence-corrected chi connectivity index (χ4v) is 4.42. The van der Waals surface area contributed by atoms with E-state index in [0.717, 1.165) is 62.9 Å². The van der Waals surface area contributed by atoms with E-state index in [2.05, 4.69) is 15.4 Å². The van der Waals surface area contributed by atoms with Gasteiger partial charge in [-0.2, -0.15) is 0 Å². The van der Waals surface area contributed by atoms with Gasteiger partial charge < -0.3 is 24.6 Å². The molecule has 0 radical (unpaired) electrons. The highest BCUT2D eigenvalue weighted by Gasteiger charge is 2.31. The zero-order valence-corrected chi connectivity index (χ0v) is 16.9. The number of anilines is 1. The van der Waals surface area contributed by atoms with E-state index in [1.54, 1.807) is 7.11 Å². The Labute approximate surface area is 171 Å². The second-order valence-electron chi connectivity index (χ2n) is 8.02. The largest absolute Gasteiger partial charge is 0.497 e. The first-order chi connectivity index (χ1) is 14.2. The van der Waals surface area contributed by atoms with Gasteiger partial charge in [0.2, 0.25) is 0 Å². The number of carbonyl (C=O) groups is 1. The lowest BCUT2D eigenvalue weighted by Gasteiger charge is -2.28. The average molecular weight is 399 g/mol. The molecule has 1 aliphatic heterocycles. The fraction of sp³-hybridized carbons (Fsp3) is 0.545. The van der Waals surface area contributed by atoms with Gasteiger partial charge in [-0.15, -0.1) is 0 Å². The summed E-state index contributed by atoms with van der Waals surface area (Å²) in [4.78, 5) is 15.5. The number of carbonyl (C=O) groups excluding carboxylic acids is 1. The molecule has 1 amide bonds. The van der Waals surface area contributed by atoms with Crippen LogP contribution in [-0.2, 0) is 0 Å². The number of amides is 1. The van der Waals surface area contributed by atoms with Crippen LogP contribution in [0.5, 0.6) is 5.75 Å². The predicted octanol–water partition coefficient (Wildman–Crippen LogP) is 3.23. The van der Waals surface area contributed by atoms with Crippen LogP contribution in [0, 0.1) is 5.92 Å². The third-order valence-corrected chi connectivity index (χ3v) is 6.04. The van der Waals surface area contributed by atoms with E-state index in [-0.39, 0.29) is 24.5 Å². The van der Waals surface area contributed by atoms with E-state index in [9.17, 15) is 9.90 Å². The molecule has 0 bridgehead atoms. The second-order valence-corrected chi connectivity index (χ2v) is 8.02. The van der Waals surface area contributed by atoms with Crippen LogP contribution in [0.1, 0.15) is 48.9 Å². The van der Waals surface area contributed by atoms with Crippen LogP contribution in [0.2, 0.25) is 0 Å². The Morgan fingerprint density at radius 3 is 2.69 bits per heavy atom. The lowest BCUT2D eigenvalue weighted by Crippen LogP contribution is -2.39. The number of rotatable bonds is 6. The van der Waals surface area contributed by atoms with E-state index in [1.165, 1.54) is 0 Å². The van der Waals surface area contributed by atoms with Gasteiger partial charge in [-0.25, -0.2) is 0 Å². The summed E-state index contributed by atoms with van der Waals surface area (Å²) in [6.07, 6.45) is 5.96. The zero-order chi connectivity index (χ0) is 20.2. The summed E-state index contributed by atoms with van der Waals surface area (Å²) in [5.74, 6) is 1.97. The van der Waals surface area contributed by atoms with Crippen molar-refractivity contribution in [2.45, 2.75) is 44.6 Å². The first-order valence-electron chi connectivity index (χ1n) is 10.5. The van der Waals surface area contributed by atoms with Crippen molar-refractivity contribution in [3.05, 3.63) is 29.8 Å². The minimum atomic E-state index is -0.150. The number of aliphatic hydroxyl groups is 1. The van der Waals surface area contributed by atoms with Gasteiger partial charge in [-0.1, -0.05) is 11.6 Å². The highest BCUT2D eigenvalue weighted by atomic mass is 16.5. The monoisotopic (exact) mass is 399 g/mol. The molecular formula is C22H29N3O4. The Morgan fingerprint density at radius 2 is 2.00 bits per heavy atom. The third-order valence-electron chi connectivity index (χ3n) is 6.04. The molecule has 7 nitrogen and oxygen atoms in total. The SMILES string of the molecule is COc1ccc(-c2onc(N3CCCC3)c2C(=O)N[C@@H]2CCC[C@@H](CO)C2)cc1. The number of aliphatic hydroxyl groups excluding tert-OH is 1. The normalized spacial score (nSPS) is 21.9. The molecule has 1 saturated carbocycles. The molecule has 0 unspecified atom stereocenters. The molecule has 29 heavy (non-hydrogen) atoms. The van der Waals surface area contributed by atoms with Crippen LogP contribution in [0.4, 0.5) is 5.82 Å². The van der Waals surface area contributed by atoms with E-state index in [0.29, 0.717) is 17.1 Å². The topological polar surface area (TPSA) is 87.8 Å². The van der Waals surface area contributed by atoms with Gasteiger partial charge in [-0.05, 0) is 62.3 Å². The average Bonchev–Trinajstić information content (AvgIpc) is 3.43. The summed E-state index contributed by atoms with van der Waals surface area (Å²) in [6, 6.07) is 7.53. The van der Waals surface area contributed by atoms with Gasteiger partial charge in [0.1, 0.15) is 11.3 Å². The van der Waals surface area contributed by atoms with Gasteiger partial charge in [0.25, 0.3) is 5.91 Å². The molecule has 2 fully saturated rings. The molecule has 7 heteroatoms. The third kappa shape index (κ3) is 4.24. The van der Waals surface area contributed by atoms with Crippen LogP contribution < -0.4 is 15.0 Å². The molecule has 1 aliphatic carbocycles. The number of hydrogen-bond acceptors (Lipinski definition) is 6. The summed E-state index contributed by atoms with van der Waals surface area (Å²) in [5.41, 5.74) is 1.30. The molecule has 1 saturated heterocycles. The minimum Gasteiger partial charge on any atom is -0.497 e. The van der Waals surface area contributed by atoms with Crippen molar-refractivity contribution in [1.29, 1.82) is 0 Å². The van der Waals surface area contributed by atoms with Gasteiger partial charge in [0, 0.05) is 31.3 Å². The summed E-state index contributed by atoms with van der Waals surface area (Å²) in [6.45, 7) is 1.94. The Morgan fingerprint density at radius 1 is 1.24 bits per heavy atom. The molecule has 1 aromatic heterocycles. The molecule has 2 aromatic rings. The van der Waals surface area contributed by atoms with Crippen LogP contribution in [0.25, 0.3) is 11.3 Å². The standard InChI is InChI=1S/C22H29N3O4/c1-28-18-9-7-16(8-10-18)20-19(21(24-29-20)25-11-2-3-12-25)22(27)23-17-6-4-5-15(13-17)14-26/h7-10,15,17,26H,2-6,11-14H2,1H3,(H,23,27)/t15-,17-/m1/s1. The molecule has 156 valence electrons. The molecular weight excluding hydrogens is 370 g/mol. The summed E-state index contributed by atoms with van der Waals surface area (Å²) >= 11 is 0. The Balaban J connectivity index is 1.63. The van der Waals surface area contributed by atoms with Gasteiger partial charge >= 0.3 is 0 Å². The first-order valence-corrected chi connectivity index (χ1v) is 10.5. The smallest absolute Gasteiger partial charge is 0.259 e. The van der Waals surface area contributed by atoms with Crippen molar-refractivity contribution in [2.75, 3.05) is 31.7 Å². The first kappa shape index (κ1) is 19.8. The number of nitrogens with one attached hydrogen (secondary N) is 1. The molecule has 4 rings (SSSR count). The van der Waals surface area contributed by atoms with Crippen LogP contribution in [-0.4, -0.2) is 49.0 Å². The predicted molar refractivity (Wildman–Crippen MR) is 110 cm³/mol. The lowest BCUT2D eigenvalue weighted by atomic mass is 9.86. The van der Waals surface area contributed by atoms with E-state index in [1.807, 2.05) is 24.3 Å². The van der Waals surface area contributed by atoms with Gasteiger partial charge in [-0.3, -0.25) is 4.79 Å². The maximum absolute atomic E-state index is 13.3. The molecule has 1 aromatic carbocycles. The number of methoxy groups -OCH3 is 1.